The van der Waals surface area contributed by atoms with Crippen LogP contribution in [-0.2, 0) is 13.7 Å². The minimum Gasteiger partial charge on any atom is -0.414 e. The van der Waals surface area contributed by atoms with Gasteiger partial charge in [-0.1, -0.05) is 20.8 Å². The lowest BCUT2D eigenvalue weighted by molar-refractivity contribution is -0.0393. The first kappa shape index (κ1) is 22.4. The van der Waals surface area contributed by atoms with Gasteiger partial charge in [0.2, 0.25) is 8.53 Å². The van der Waals surface area contributed by atoms with Gasteiger partial charge in [-0.05, 0) is 25.1 Å². The lowest BCUT2D eigenvalue weighted by atomic mass is 10.2. The lowest BCUT2D eigenvalue weighted by Crippen LogP contribution is -2.44. The zero-order valence-electron chi connectivity index (χ0n) is 16.7. The van der Waals surface area contributed by atoms with Gasteiger partial charge in [0.25, 0.3) is 5.56 Å². The van der Waals surface area contributed by atoms with Crippen molar-refractivity contribution in [3.05, 3.63) is 32.6 Å². The largest absolute Gasteiger partial charge is 0.414 e. The third-order valence-corrected chi connectivity index (χ3v) is 10.3. The Hall–Kier alpha value is -0.873. The molecule has 1 aliphatic rings. The highest BCUT2D eigenvalue weighted by Crippen LogP contribution is 2.39. The van der Waals surface area contributed by atoms with E-state index in [2.05, 4.69) is 38.8 Å². The summed E-state index contributed by atoms with van der Waals surface area (Å²) < 4.78 is 19.0. The molecule has 0 aromatic carbocycles. The quantitative estimate of drug-likeness (QED) is 0.473. The zero-order chi connectivity index (χ0) is 20.6. The van der Waals surface area contributed by atoms with Gasteiger partial charge in [0.05, 0.1) is 12.7 Å². The number of H-pyrrole nitrogens is 1. The Morgan fingerprint density at radius 1 is 1.44 bits per heavy atom. The molecule has 0 radical (unpaired) electrons. The molecular formula is C16H30N3O6PSi. The molecule has 1 aliphatic heterocycles. The number of ether oxygens (including phenoxy) is 1. The molecule has 1 aromatic heterocycles. The summed E-state index contributed by atoms with van der Waals surface area (Å²) in [5.74, 6) is 0. The number of aromatic amines is 1. The van der Waals surface area contributed by atoms with Gasteiger partial charge in [0, 0.05) is 18.2 Å². The van der Waals surface area contributed by atoms with Crippen molar-refractivity contribution in [2.45, 2.75) is 70.7 Å². The number of hydrogen-bond acceptors (Lipinski definition) is 7. The molecule has 1 saturated heterocycles. The molecule has 4 atom stereocenters. The van der Waals surface area contributed by atoms with E-state index in [0.29, 0.717) is 12.0 Å². The third kappa shape index (κ3) is 5.35. The van der Waals surface area contributed by atoms with Crippen LogP contribution in [-0.4, -0.2) is 41.6 Å². The Labute approximate surface area is 160 Å². The van der Waals surface area contributed by atoms with Crippen LogP contribution in [0.15, 0.2) is 15.8 Å². The molecule has 0 bridgehead atoms. The molecule has 27 heavy (non-hydrogen) atoms. The van der Waals surface area contributed by atoms with E-state index in [9.17, 15) is 14.5 Å². The summed E-state index contributed by atoms with van der Waals surface area (Å²) >= 11 is 0. The lowest BCUT2D eigenvalue weighted by Gasteiger charge is -2.37. The van der Waals surface area contributed by atoms with Crippen LogP contribution >= 0.6 is 8.53 Å². The van der Waals surface area contributed by atoms with Crippen molar-refractivity contribution >= 4 is 16.8 Å². The zero-order valence-corrected chi connectivity index (χ0v) is 18.6. The third-order valence-electron chi connectivity index (χ3n) is 5.29. The number of nitrogens with one attached hydrogen (secondary N) is 1. The highest BCUT2D eigenvalue weighted by Gasteiger charge is 2.42. The minimum atomic E-state index is -2.08. The van der Waals surface area contributed by atoms with Crippen LogP contribution in [0.1, 0.15) is 39.0 Å². The van der Waals surface area contributed by atoms with Gasteiger partial charge < -0.3 is 18.6 Å². The summed E-state index contributed by atoms with van der Waals surface area (Å²) in [7, 11) is -4.09. The molecular weight excluding hydrogens is 389 g/mol. The predicted molar refractivity (Wildman–Crippen MR) is 106 cm³/mol. The molecule has 0 spiro atoms. The number of hydrogen-bond donors (Lipinski definition) is 3. The van der Waals surface area contributed by atoms with Gasteiger partial charge in [-0.25, -0.2) is 4.79 Å². The normalized spacial score (nSPS) is 25.0. The van der Waals surface area contributed by atoms with E-state index in [1.807, 2.05) is 0 Å². The molecule has 0 aliphatic carbocycles. The van der Waals surface area contributed by atoms with Gasteiger partial charge in [-0.2, -0.15) is 0 Å². The van der Waals surface area contributed by atoms with Crippen molar-refractivity contribution in [1.29, 1.82) is 0 Å². The predicted octanol–water partition coefficient (Wildman–Crippen LogP) is 1.72. The summed E-state index contributed by atoms with van der Waals surface area (Å²) in [5, 5.41) is 0.0335. The van der Waals surface area contributed by atoms with Crippen LogP contribution in [0.4, 0.5) is 0 Å². The van der Waals surface area contributed by atoms with Crippen molar-refractivity contribution < 1.29 is 18.6 Å². The highest BCUT2D eigenvalue weighted by molar-refractivity contribution is 7.43. The fourth-order valence-corrected chi connectivity index (χ4v) is 4.09. The Kier molecular flexibility index (Phi) is 6.84. The average molecular weight is 419 g/mol. The second kappa shape index (κ2) is 8.24. The Balaban J connectivity index is 2.20. The monoisotopic (exact) mass is 419 g/mol. The number of aryl methyl sites for hydroxylation is 1. The van der Waals surface area contributed by atoms with Crippen LogP contribution in [0.25, 0.3) is 0 Å². The summed E-state index contributed by atoms with van der Waals surface area (Å²) in [5.41, 5.74) is 4.85. The number of aromatic nitrogens is 2. The fraction of sp³-hybridized carbons (Fsp3) is 0.750. The van der Waals surface area contributed by atoms with E-state index < -0.39 is 46.5 Å². The molecule has 2 heterocycles. The standard InChI is InChI=1S/C16H30N3O6PSi/c1-10-8-19(15(21)18-14(10)20)13-7-11(25-26(17)22)12(24-13)9-23-27(5,6)16(2,3)4/h8,11-13,22H,7,9,17H2,1-6H3,(H,18,20,21)/t11-,12+,13+,26?/m0/s1. The molecule has 0 saturated carbocycles. The molecule has 1 aromatic rings. The molecule has 2 rings (SSSR count). The summed E-state index contributed by atoms with van der Waals surface area (Å²) in [6.45, 7) is 12.6. The molecule has 154 valence electrons. The summed E-state index contributed by atoms with van der Waals surface area (Å²) in [6, 6.07) is 0. The van der Waals surface area contributed by atoms with Crippen molar-refractivity contribution in [2.24, 2.45) is 5.50 Å². The molecule has 4 N–H and O–H groups in total. The molecule has 1 unspecified atom stereocenters. The maximum Gasteiger partial charge on any atom is 0.330 e. The Bertz CT molecular complexity index is 773. The fourth-order valence-electron chi connectivity index (χ4n) is 2.58. The van der Waals surface area contributed by atoms with E-state index in [0.717, 1.165) is 0 Å². The van der Waals surface area contributed by atoms with Crippen molar-refractivity contribution in [3.63, 3.8) is 0 Å². The first-order valence-corrected chi connectivity index (χ1v) is 13.0. The molecule has 9 nitrogen and oxygen atoms in total. The van der Waals surface area contributed by atoms with Gasteiger partial charge in [-0.3, -0.25) is 19.8 Å². The van der Waals surface area contributed by atoms with Gasteiger partial charge in [0.1, 0.15) is 12.3 Å². The minimum absolute atomic E-state index is 0.0335. The smallest absolute Gasteiger partial charge is 0.330 e. The maximum atomic E-state index is 12.2. The topological polar surface area (TPSA) is 129 Å². The van der Waals surface area contributed by atoms with Gasteiger partial charge in [0.15, 0.2) is 8.32 Å². The van der Waals surface area contributed by atoms with Crippen molar-refractivity contribution in [3.8, 4) is 0 Å². The van der Waals surface area contributed by atoms with Crippen LogP contribution in [0, 0.1) is 6.92 Å². The molecule has 11 heteroatoms. The average Bonchev–Trinajstić information content (AvgIpc) is 2.89. The van der Waals surface area contributed by atoms with Crippen molar-refractivity contribution in [1.82, 2.24) is 9.55 Å². The summed E-state index contributed by atoms with van der Waals surface area (Å²) in [6.07, 6.45) is 0.141. The van der Waals surface area contributed by atoms with Crippen molar-refractivity contribution in [2.75, 3.05) is 6.61 Å². The molecule has 1 fully saturated rings. The highest BCUT2D eigenvalue weighted by atomic mass is 31.2. The number of rotatable bonds is 6. The van der Waals surface area contributed by atoms with Gasteiger partial charge >= 0.3 is 5.69 Å². The number of nitrogens with two attached hydrogens (primary N) is 1. The van der Waals surface area contributed by atoms with Crippen LogP contribution in [0.2, 0.25) is 18.1 Å². The Morgan fingerprint density at radius 2 is 2.07 bits per heavy atom. The van der Waals surface area contributed by atoms with Gasteiger partial charge in [-0.15, -0.1) is 0 Å². The first-order valence-electron chi connectivity index (χ1n) is 8.84. The molecule has 0 amide bonds. The summed E-state index contributed by atoms with van der Waals surface area (Å²) in [4.78, 5) is 35.5. The van der Waals surface area contributed by atoms with Crippen LogP contribution in [0.3, 0.4) is 0 Å². The second-order valence-corrected chi connectivity index (χ2v) is 14.0. The van der Waals surface area contributed by atoms with E-state index in [4.69, 9.17) is 19.2 Å². The van der Waals surface area contributed by atoms with E-state index in [1.54, 1.807) is 6.92 Å². The SMILES string of the molecule is Cc1cn([C@H]2C[C@H](OP(N)O)[C@@H](CO[Si](C)(C)C(C)(C)C)O2)c(=O)[nH]c1=O. The van der Waals surface area contributed by atoms with E-state index in [1.165, 1.54) is 10.8 Å². The second-order valence-electron chi connectivity index (χ2n) is 8.36. The maximum absolute atomic E-state index is 12.2. The van der Waals surface area contributed by atoms with Crippen LogP contribution in [0.5, 0.6) is 0 Å². The van der Waals surface area contributed by atoms with Crippen LogP contribution < -0.4 is 16.8 Å². The first-order chi connectivity index (χ1) is 12.3. The van der Waals surface area contributed by atoms with E-state index in [-0.39, 0.29) is 11.6 Å². The Morgan fingerprint density at radius 3 is 2.63 bits per heavy atom. The number of nitrogens with zero attached hydrogens (tertiary/aromatic N) is 1. The van der Waals surface area contributed by atoms with E-state index >= 15 is 0 Å².